The molecule has 0 bridgehead atoms. The third-order valence-electron chi connectivity index (χ3n) is 6.64. The molecule has 8 heteroatoms. The van der Waals surface area contributed by atoms with Crippen LogP contribution in [0.3, 0.4) is 0 Å². The van der Waals surface area contributed by atoms with Gasteiger partial charge >= 0.3 is 6.03 Å². The molecule has 3 heterocycles. The molecule has 0 atom stereocenters. The number of hydrogen-bond donors (Lipinski definition) is 0. The molecule has 0 N–H and O–H groups in total. The van der Waals surface area contributed by atoms with Gasteiger partial charge in [-0.05, 0) is 32.0 Å². The molecule has 2 aromatic carbocycles. The minimum Gasteiger partial charge on any atom is -0.321 e. The third-order valence-corrected chi connectivity index (χ3v) is 6.64. The van der Waals surface area contributed by atoms with E-state index in [1.165, 1.54) is 4.68 Å². The van der Waals surface area contributed by atoms with Crippen molar-refractivity contribution in [1.29, 1.82) is 0 Å². The van der Waals surface area contributed by atoms with Gasteiger partial charge in [0.2, 0.25) is 0 Å². The van der Waals surface area contributed by atoms with Crippen molar-refractivity contribution in [3.05, 3.63) is 65.1 Å². The van der Waals surface area contributed by atoms with Crippen molar-refractivity contribution in [2.45, 2.75) is 26.7 Å². The number of carbonyl (C=O) groups excluding carboxylic acids is 1. The normalized spacial score (nSPS) is 15.0. The van der Waals surface area contributed by atoms with E-state index in [0.29, 0.717) is 36.1 Å². The van der Waals surface area contributed by atoms with Crippen LogP contribution in [0.2, 0.25) is 6.82 Å². The Kier molecular flexibility index (Phi) is 5.54. The molecule has 33 heavy (non-hydrogen) atoms. The molecule has 1 fully saturated rings. The third kappa shape index (κ3) is 3.74. The lowest BCUT2D eigenvalue weighted by Gasteiger charge is -2.37. The van der Waals surface area contributed by atoms with Gasteiger partial charge in [-0.15, -0.1) is 0 Å². The molecule has 1 amide bonds. The monoisotopic (exact) mass is 441 g/mol. The van der Waals surface area contributed by atoms with Crippen LogP contribution in [0, 0.1) is 0 Å². The highest BCUT2D eigenvalue weighted by molar-refractivity contribution is 6.52. The molecule has 0 spiro atoms. The van der Waals surface area contributed by atoms with Crippen molar-refractivity contribution in [2.75, 3.05) is 26.2 Å². The summed E-state index contributed by atoms with van der Waals surface area (Å²) in [6, 6.07) is 15.8. The second-order valence-electron chi connectivity index (χ2n) is 8.92. The number of nitrogens with zero attached hydrogens (tertiary/aromatic N) is 5. The Morgan fingerprint density at radius 3 is 2.42 bits per heavy atom. The number of hydrogen-bond acceptors (Lipinski definition) is 4. The second kappa shape index (κ2) is 8.52. The Balaban J connectivity index is 1.66. The van der Waals surface area contributed by atoms with Gasteiger partial charge in [-0.25, -0.2) is 4.79 Å². The molecule has 0 saturated carbocycles. The zero-order valence-corrected chi connectivity index (χ0v) is 19.4. The molecule has 3 aliphatic rings. The highest BCUT2D eigenvalue weighted by Crippen LogP contribution is 2.28. The maximum atomic E-state index is 13.7. The van der Waals surface area contributed by atoms with Crippen molar-refractivity contribution >= 4 is 29.7 Å². The molecular formula is C25H28BN5O2. The van der Waals surface area contributed by atoms with E-state index >= 15 is 0 Å². The van der Waals surface area contributed by atoms with Crippen LogP contribution in [0.4, 0.5) is 4.79 Å². The summed E-state index contributed by atoms with van der Waals surface area (Å²) in [4.78, 5) is 31.2. The predicted octanol–water partition coefficient (Wildman–Crippen LogP) is 2.40. The Hall–Kier alpha value is -3.39. The van der Waals surface area contributed by atoms with E-state index in [1.807, 2.05) is 53.4 Å². The molecule has 7 nitrogen and oxygen atoms in total. The molecule has 0 radical (unpaired) electrons. The highest BCUT2D eigenvalue weighted by atomic mass is 16.2. The summed E-state index contributed by atoms with van der Waals surface area (Å²) < 4.78 is 3.08. The molecule has 2 aromatic rings. The minimum atomic E-state index is -0.219. The van der Waals surface area contributed by atoms with Gasteiger partial charge < -0.3 is 4.90 Å². The summed E-state index contributed by atoms with van der Waals surface area (Å²) in [5, 5.41) is 5.48. The topological polar surface area (TPSA) is 63.4 Å². The molecule has 1 saturated heterocycles. The summed E-state index contributed by atoms with van der Waals surface area (Å²) in [6.45, 7) is 9.50. The number of rotatable bonds is 3. The summed E-state index contributed by atoms with van der Waals surface area (Å²) >= 11 is 0. The molecular weight excluding hydrogens is 413 g/mol. The van der Waals surface area contributed by atoms with Gasteiger partial charge in [0.05, 0.1) is 16.8 Å². The first-order valence-corrected chi connectivity index (χ1v) is 11.6. The molecule has 0 aliphatic carbocycles. The van der Waals surface area contributed by atoms with Gasteiger partial charge in [-0.2, -0.15) is 9.78 Å². The van der Waals surface area contributed by atoms with E-state index in [4.69, 9.17) is 0 Å². The maximum absolute atomic E-state index is 13.7. The number of para-hydroxylation sites is 1. The Morgan fingerprint density at radius 2 is 1.76 bits per heavy atom. The Bertz CT molecular complexity index is 1340. The van der Waals surface area contributed by atoms with E-state index in [2.05, 4.69) is 30.7 Å². The Labute approximate surface area is 193 Å². The summed E-state index contributed by atoms with van der Waals surface area (Å²) in [7, 11) is 0.862. The molecule has 168 valence electrons. The fourth-order valence-corrected chi connectivity index (χ4v) is 4.61. The smallest absolute Gasteiger partial charge is 0.321 e. The van der Waals surface area contributed by atoms with E-state index in [-0.39, 0.29) is 11.6 Å². The van der Waals surface area contributed by atoms with Crippen molar-refractivity contribution in [3.63, 3.8) is 0 Å². The van der Waals surface area contributed by atoms with Gasteiger partial charge in [0.25, 0.3) is 5.56 Å². The van der Waals surface area contributed by atoms with E-state index in [1.54, 1.807) is 10.8 Å². The van der Waals surface area contributed by atoms with Crippen LogP contribution in [-0.2, 0) is 0 Å². The van der Waals surface area contributed by atoms with E-state index in [9.17, 15) is 9.59 Å². The quantitative estimate of drug-likeness (QED) is 0.458. The number of pyridine rings is 1. The largest absolute Gasteiger partial charge is 0.328 e. The lowest BCUT2D eigenvalue weighted by molar-refractivity contribution is 0.120. The Morgan fingerprint density at radius 1 is 1.03 bits per heavy atom. The fourth-order valence-electron chi connectivity index (χ4n) is 4.61. The van der Waals surface area contributed by atoms with Gasteiger partial charge in [0.15, 0.2) is 7.28 Å². The molecule has 5 rings (SSSR count). The van der Waals surface area contributed by atoms with Gasteiger partial charge in [0.1, 0.15) is 5.69 Å². The first kappa shape index (κ1) is 21.5. The average Bonchev–Trinajstić information content (AvgIpc) is 3.19. The first-order chi connectivity index (χ1) is 16.0. The van der Waals surface area contributed by atoms with E-state index < -0.39 is 0 Å². The van der Waals surface area contributed by atoms with Crippen LogP contribution in [-0.4, -0.2) is 69.7 Å². The summed E-state index contributed by atoms with van der Waals surface area (Å²) in [5.41, 5.74) is 3.48. The van der Waals surface area contributed by atoms with Gasteiger partial charge in [-0.1, -0.05) is 42.6 Å². The minimum absolute atomic E-state index is 0.0922. The summed E-state index contributed by atoms with van der Waals surface area (Å²) in [6.07, 6.45) is 1.68. The van der Waals surface area contributed by atoms with Crippen LogP contribution < -0.4 is 11.0 Å². The van der Waals surface area contributed by atoms with Crippen LogP contribution in [0.15, 0.2) is 59.5 Å². The summed E-state index contributed by atoms with van der Waals surface area (Å²) in [5.74, 6) is 0. The highest BCUT2D eigenvalue weighted by Gasteiger charge is 2.27. The van der Waals surface area contributed by atoms with Crippen molar-refractivity contribution in [2.24, 2.45) is 0 Å². The first-order valence-electron chi connectivity index (χ1n) is 11.6. The second-order valence-corrected chi connectivity index (χ2v) is 8.92. The van der Waals surface area contributed by atoms with Gasteiger partial charge in [0, 0.05) is 43.8 Å². The van der Waals surface area contributed by atoms with Gasteiger partial charge in [-0.3, -0.25) is 14.3 Å². The number of fused-ring (bicyclic) bond motifs is 3. The van der Waals surface area contributed by atoms with Crippen molar-refractivity contribution < 1.29 is 4.79 Å². The SMILES string of the molecule is CBc1ccc2c3nn(-c4ccccc4)c(=O)c-3cn(C(=O)N3CCN(C(C)C)CC3)c2c1. The average molecular weight is 441 g/mol. The lowest BCUT2D eigenvalue weighted by Crippen LogP contribution is -2.51. The molecule has 0 aromatic heterocycles. The fraction of sp³-hybridized carbons (Fsp3) is 0.320. The number of aromatic nitrogens is 3. The number of carbonyl (C=O) groups is 1. The molecule has 0 unspecified atom stereocenters. The lowest BCUT2D eigenvalue weighted by atomic mass is 9.73. The predicted molar refractivity (Wildman–Crippen MR) is 134 cm³/mol. The number of benzene rings is 2. The van der Waals surface area contributed by atoms with E-state index in [0.717, 1.165) is 36.7 Å². The number of amides is 1. The zero-order valence-electron chi connectivity index (χ0n) is 19.4. The van der Waals surface area contributed by atoms with Crippen LogP contribution in [0.25, 0.3) is 27.8 Å². The number of piperazine rings is 1. The maximum Gasteiger partial charge on any atom is 0.328 e. The van der Waals surface area contributed by atoms with Crippen molar-refractivity contribution in [1.82, 2.24) is 24.1 Å². The molecule has 3 aliphatic heterocycles. The van der Waals surface area contributed by atoms with Crippen molar-refractivity contribution in [3.8, 4) is 16.9 Å². The van der Waals surface area contributed by atoms with Crippen LogP contribution in [0.1, 0.15) is 13.8 Å². The van der Waals surface area contributed by atoms with Crippen LogP contribution >= 0.6 is 0 Å². The zero-order chi connectivity index (χ0) is 23.1. The standard InChI is InChI=1S/C25H28BN5O2/c1-17(2)28-11-13-29(14-12-28)25(33)30-16-21-23(20-10-9-18(26-3)15-22(20)30)27-31(24(21)32)19-7-5-4-6-8-19/h4-10,15-17,26H,11-14H2,1-3H3. The van der Waals surface area contributed by atoms with Crippen LogP contribution in [0.5, 0.6) is 0 Å².